The van der Waals surface area contributed by atoms with Gasteiger partial charge in [0.1, 0.15) is 12.0 Å². The molecular weight excluding hydrogens is 470 g/mol. The molecule has 0 saturated heterocycles. The SMILES string of the molecule is CC1=NNC(Nc2cc(OCCCCC(=O)NO)nc(Sc3ccc(NC(=O)C4CC4)cc3)n2)C1. The number of nitrogens with one attached hydrogen (secondary N) is 4. The topological polar surface area (TPSA) is 150 Å². The zero-order chi connectivity index (χ0) is 24.6. The third-order valence-electron chi connectivity index (χ3n) is 5.37. The highest BCUT2D eigenvalue weighted by Crippen LogP contribution is 2.32. The van der Waals surface area contributed by atoms with E-state index in [1.165, 1.54) is 11.8 Å². The van der Waals surface area contributed by atoms with E-state index in [9.17, 15) is 9.59 Å². The van der Waals surface area contributed by atoms with Gasteiger partial charge in [-0.25, -0.2) is 10.5 Å². The molecule has 0 radical (unpaired) electrons. The number of hydroxylamine groups is 1. The van der Waals surface area contributed by atoms with Crippen LogP contribution in [0.3, 0.4) is 0 Å². The Morgan fingerprint density at radius 2 is 2.00 bits per heavy atom. The molecule has 1 aliphatic carbocycles. The first-order valence-electron chi connectivity index (χ1n) is 11.6. The van der Waals surface area contributed by atoms with E-state index in [1.807, 2.05) is 31.2 Å². The van der Waals surface area contributed by atoms with Crippen molar-refractivity contribution in [3.05, 3.63) is 30.3 Å². The van der Waals surface area contributed by atoms with E-state index in [0.717, 1.165) is 35.6 Å². The lowest BCUT2D eigenvalue weighted by Crippen LogP contribution is -2.29. The van der Waals surface area contributed by atoms with Crippen molar-refractivity contribution in [2.24, 2.45) is 11.0 Å². The van der Waals surface area contributed by atoms with Crippen LogP contribution in [-0.4, -0.2) is 45.5 Å². The highest BCUT2D eigenvalue weighted by Gasteiger charge is 2.29. The minimum Gasteiger partial charge on any atom is -0.478 e. The maximum atomic E-state index is 12.0. The minimum absolute atomic E-state index is 0.0676. The summed E-state index contributed by atoms with van der Waals surface area (Å²) >= 11 is 1.39. The zero-order valence-corrected chi connectivity index (χ0v) is 20.2. The third kappa shape index (κ3) is 7.82. The summed E-state index contributed by atoms with van der Waals surface area (Å²) in [5, 5.41) is 19.5. The number of carbonyl (C=O) groups excluding carboxylic acids is 2. The van der Waals surface area contributed by atoms with E-state index in [2.05, 4.69) is 31.1 Å². The van der Waals surface area contributed by atoms with Gasteiger partial charge in [0.05, 0.1) is 6.61 Å². The van der Waals surface area contributed by atoms with Gasteiger partial charge in [-0.05, 0) is 68.6 Å². The first kappa shape index (κ1) is 24.7. The van der Waals surface area contributed by atoms with Gasteiger partial charge in [-0.15, -0.1) is 0 Å². The van der Waals surface area contributed by atoms with E-state index in [-0.39, 0.29) is 24.4 Å². The number of unbranched alkanes of at least 4 members (excludes halogenated alkanes) is 1. The normalized spacial score (nSPS) is 16.7. The molecule has 1 saturated carbocycles. The molecule has 12 heteroatoms. The molecule has 0 spiro atoms. The van der Waals surface area contributed by atoms with Crippen molar-refractivity contribution >= 4 is 40.8 Å². The summed E-state index contributed by atoms with van der Waals surface area (Å²) in [5.74, 6) is 0.831. The number of hydrogen-bond donors (Lipinski definition) is 5. The molecule has 1 atom stereocenters. The third-order valence-corrected chi connectivity index (χ3v) is 6.24. The van der Waals surface area contributed by atoms with Crippen LogP contribution in [-0.2, 0) is 9.59 Å². The Morgan fingerprint density at radius 1 is 1.20 bits per heavy atom. The molecule has 4 rings (SSSR count). The summed E-state index contributed by atoms with van der Waals surface area (Å²) in [7, 11) is 0. The number of hydrazone groups is 1. The summed E-state index contributed by atoms with van der Waals surface area (Å²) in [4.78, 5) is 33.2. The average Bonchev–Trinajstić information content (AvgIpc) is 3.62. The number of rotatable bonds is 12. The molecule has 0 bridgehead atoms. The highest BCUT2D eigenvalue weighted by molar-refractivity contribution is 7.99. The number of ether oxygens (including phenoxy) is 1. The van der Waals surface area contributed by atoms with Gasteiger partial charge in [-0.2, -0.15) is 10.1 Å². The van der Waals surface area contributed by atoms with Crippen molar-refractivity contribution in [3.8, 4) is 5.88 Å². The summed E-state index contributed by atoms with van der Waals surface area (Å²) in [6.07, 6.45) is 4.05. The second kappa shape index (κ2) is 11.8. The molecule has 186 valence electrons. The quantitative estimate of drug-likeness (QED) is 0.128. The van der Waals surface area contributed by atoms with E-state index in [1.54, 1.807) is 11.5 Å². The minimum atomic E-state index is -0.420. The van der Waals surface area contributed by atoms with Crippen molar-refractivity contribution in [1.82, 2.24) is 20.9 Å². The lowest BCUT2D eigenvalue weighted by Gasteiger charge is -2.15. The van der Waals surface area contributed by atoms with E-state index >= 15 is 0 Å². The molecule has 1 aromatic carbocycles. The van der Waals surface area contributed by atoms with Crippen LogP contribution in [0, 0.1) is 5.92 Å². The van der Waals surface area contributed by atoms with Crippen LogP contribution in [0.25, 0.3) is 0 Å². The lowest BCUT2D eigenvalue weighted by molar-refractivity contribution is -0.129. The molecule has 1 unspecified atom stereocenters. The maximum Gasteiger partial charge on any atom is 0.243 e. The second-order valence-corrected chi connectivity index (χ2v) is 9.52. The van der Waals surface area contributed by atoms with E-state index < -0.39 is 5.91 Å². The zero-order valence-electron chi connectivity index (χ0n) is 19.4. The van der Waals surface area contributed by atoms with Crippen LogP contribution in [0.2, 0.25) is 0 Å². The summed E-state index contributed by atoms with van der Waals surface area (Å²) in [6.45, 7) is 2.33. The molecule has 2 amide bonds. The first-order valence-corrected chi connectivity index (χ1v) is 12.4. The van der Waals surface area contributed by atoms with Crippen molar-refractivity contribution in [2.75, 3.05) is 17.2 Å². The van der Waals surface area contributed by atoms with Crippen LogP contribution < -0.4 is 26.3 Å². The van der Waals surface area contributed by atoms with Gasteiger partial charge < -0.3 is 15.4 Å². The van der Waals surface area contributed by atoms with Gasteiger partial charge in [0.15, 0.2) is 5.16 Å². The number of aromatic nitrogens is 2. The number of nitrogens with zero attached hydrogens (tertiary/aromatic N) is 3. The fourth-order valence-corrected chi connectivity index (χ4v) is 4.12. The summed E-state index contributed by atoms with van der Waals surface area (Å²) in [5.41, 5.74) is 6.42. The van der Waals surface area contributed by atoms with Gasteiger partial charge in [-0.1, -0.05) is 0 Å². The standard InChI is InChI=1S/C23H29N7O4S/c1-14-12-19(29-28-14)25-18-13-21(34-11-3-2-4-20(31)30-33)27-23(26-18)35-17-9-7-16(8-10-17)24-22(32)15-5-6-15/h7-10,13,15,19,29,33H,2-6,11-12H2,1H3,(H,24,32)(H,30,31)(H,25,26,27). The van der Waals surface area contributed by atoms with Crippen molar-refractivity contribution in [3.63, 3.8) is 0 Å². The van der Waals surface area contributed by atoms with Crippen LogP contribution in [0.4, 0.5) is 11.5 Å². The molecule has 2 heterocycles. The molecule has 2 aromatic rings. The number of benzene rings is 1. The maximum absolute atomic E-state index is 12.0. The predicted octanol–water partition coefficient (Wildman–Crippen LogP) is 3.14. The van der Waals surface area contributed by atoms with Crippen molar-refractivity contribution in [2.45, 2.75) is 61.7 Å². The second-order valence-electron chi connectivity index (χ2n) is 8.48. The first-order chi connectivity index (χ1) is 17.0. The number of amides is 2. The Bertz CT molecular complexity index is 1080. The number of anilines is 2. The fourth-order valence-electron chi connectivity index (χ4n) is 3.36. The van der Waals surface area contributed by atoms with Crippen molar-refractivity contribution in [1.29, 1.82) is 0 Å². The van der Waals surface area contributed by atoms with Crippen molar-refractivity contribution < 1.29 is 19.5 Å². The largest absolute Gasteiger partial charge is 0.478 e. The Labute approximate surface area is 207 Å². The molecule has 35 heavy (non-hydrogen) atoms. The Hall–Kier alpha value is -3.38. The van der Waals surface area contributed by atoms with E-state index in [4.69, 9.17) is 9.94 Å². The van der Waals surface area contributed by atoms with Gasteiger partial charge in [-0.3, -0.25) is 20.2 Å². The number of hydrogen-bond acceptors (Lipinski definition) is 10. The Morgan fingerprint density at radius 3 is 2.69 bits per heavy atom. The monoisotopic (exact) mass is 499 g/mol. The van der Waals surface area contributed by atoms with Gasteiger partial charge >= 0.3 is 0 Å². The molecule has 1 aromatic heterocycles. The van der Waals surface area contributed by atoms with Gasteiger partial charge in [0.25, 0.3) is 0 Å². The van der Waals surface area contributed by atoms with Crippen LogP contribution in [0.5, 0.6) is 5.88 Å². The van der Waals surface area contributed by atoms with Crippen LogP contribution in [0.1, 0.15) is 45.4 Å². The molecule has 5 N–H and O–H groups in total. The molecule has 2 aliphatic rings. The smallest absolute Gasteiger partial charge is 0.243 e. The Balaban J connectivity index is 1.39. The van der Waals surface area contributed by atoms with Crippen LogP contribution >= 0.6 is 11.8 Å². The molecule has 1 fully saturated rings. The molecular formula is C23H29N7O4S. The Kier molecular flexibility index (Phi) is 8.37. The van der Waals surface area contributed by atoms with Crippen LogP contribution in [0.15, 0.2) is 45.5 Å². The molecule has 1 aliphatic heterocycles. The van der Waals surface area contributed by atoms with E-state index in [0.29, 0.717) is 36.3 Å². The van der Waals surface area contributed by atoms with Gasteiger partial charge in [0, 0.05) is 41.1 Å². The highest BCUT2D eigenvalue weighted by atomic mass is 32.2. The average molecular weight is 500 g/mol. The summed E-state index contributed by atoms with van der Waals surface area (Å²) < 4.78 is 5.82. The fraction of sp³-hybridized carbons (Fsp3) is 0.435. The van der Waals surface area contributed by atoms with Gasteiger partial charge in [0.2, 0.25) is 17.7 Å². The molecule has 11 nitrogen and oxygen atoms in total. The summed E-state index contributed by atoms with van der Waals surface area (Å²) in [6, 6.07) is 9.30. The number of carbonyl (C=O) groups is 2. The lowest BCUT2D eigenvalue weighted by atomic mass is 10.2. The predicted molar refractivity (Wildman–Crippen MR) is 131 cm³/mol.